The molecule has 1 unspecified atom stereocenters. The molecule has 3 aromatic carbocycles. The molecule has 32 heavy (non-hydrogen) atoms. The highest BCUT2D eigenvalue weighted by molar-refractivity contribution is 6.51. The average molecular weight is 472 g/mol. The van der Waals surface area contributed by atoms with Crippen molar-refractivity contribution < 1.29 is 23.8 Å². The highest BCUT2D eigenvalue weighted by atomic mass is 35.5. The van der Waals surface area contributed by atoms with Crippen molar-refractivity contribution in [3.63, 3.8) is 0 Å². The van der Waals surface area contributed by atoms with Crippen LogP contribution in [0, 0.1) is 5.82 Å². The number of ether oxygens (including phenoxy) is 1. The molecule has 162 valence electrons. The van der Waals surface area contributed by atoms with Crippen molar-refractivity contribution in [1.29, 1.82) is 0 Å². The number of benzene rings is 3. The van der Waals surface area contributed by atoms with Crippen LogP contribution >= 0.6 is 23.2 Å². The van der Waals surface area contributed by atoms with Gasteiger partial charge in [0.2, 0.25) is 0 Å². The second kappa shape index (κ2) is 8.65. The number of aliphatic hydroxyl groups is 1. The Balaban J connectivity index is 1.98. The normalized spacial score (nSPS) is 17.6. The maximum Gasteiger partial charge on any atom is 0.300 e. The van der Waals surface area contributed by atoms with Crippen molar-refractivity contribution in [2.45, 2.75) is 6.04 Å². The summed E-state index contributed by atoms with van der Waals surface area (Å²) in [7, 11) is 1.46. The van der Waals surface area contributed by atoms with Crippen LogP contribution in [0.5, 0.6) is 5.75 Å². The molecule has 1 heterocycles. The standard InChI is InChI=1S/C24H16Cl2FNO4/c1-32-15-6-4-5-14(12-15)28-21(16-7-2-3-8-19(16)27)20(23(30)24(28)31)22(29)13-9-10-17(25)18(26)11-13/h2-12,21,29H,1H3/b22-20+. The van der Waals surface area contributed by atoms with Gasteiger partial charge in [-0.3, -0.25) is 14.5 Å². The first-order valence-electron chi connectivity index (χ1n) is 9.48. The van der Waals surface area contributed by atoms with Gasteiger partial charge in [-0.15, -0.1) is 0 Å². The lowest BCUT2D eigenvalue weighted by atomic mass is 9.94. The third-order valence-corrected chi connectivity index (χ3v) is 5.91. The molecule has 0 aromatic heterocycles. The van der Waals surface area contributed by atoms with E-state index in [9.17, 15) is 19.1 Å². The van der Waals surface area contributed by atoms with Crippen LogP contribution in [-0.2, 0) is 9.59 Å². The summed E-state index contributed by atoms with van der Waals surface area (Å²) in [5, 5.41) is 11.5. The Bertz CT molecular complexity index is 1270. The van der Waals surface area contributed by atoms with E-state index in [0.717, 1.165) is 4.90 Å². The van der Waals surface area contributed by atoms with E-state index in [1.54, 1.807) is 30.3 Å². The van der Waals surface area contributed by atoms with E-state index in [0.29, 0.717) is 11.4 Å². The summed E-state index contributed by atoms with van der Waals surface area (Å²) in [6.45, 7) is 0. The number of halogens is 3. The summed E-state index contributed by atoms with van der Waals surface area (Å²) in [5.74, 6) is -2.54. The molecule has 0 bridgehead atoms. The minimum atomic E-state index is -1.21. The van der Waals surface area contributed by atoms with E-state index in [2.05, 4.69) is 0 Å². The Morgan fingerprint density at radius 1 is 1.00 bits per heavy atom. The maximum atomic E-state index is 14.9. The van der Waals surface area contributed by atoms with Gasteiger partial charge in [0, 0.05) is 22.9 Å². The molecule has 0 spiro atoms. The second-order valence-electron chi connectivity index (χ2n) is 7.02. The summed E-state index contributed by atoms with van der Waals surface area (Å²) in [6.07, 6.45) is 0. The molecule has 1 aliphatic heterocycles. The number of methoxy groups -OCH3 is 1. The lowest BCUT2D eigenvalue weighted by molar-refractivity contribution is -0.132. The van der Waals surface area contributed by atoms with Gasteiger partial charge in [0.1, 0.15) is 17.3 Å². The van der Waals surface area contributed by atoms with Gasteiger partial charge >= 0.3 is 0 Å². The number of rotatable bonds is 4. The number of amides is 1. The molecule has 1 saturated heterocycles. The second-order valence-corrected chi connectivity index (χ2v) is 7.84. The number of hydrogen-bond acceptors (Lipinski definition) is 4. The number of aliphatic hydroxyl groups excluding tert-OH is 1. The minimum absolute atomic E-state index is 0.0520. The van der Waals surface area contributed by atoms with Crippen LogP contribution in [0.3, 0.4) is 0 Å². The lowest BCUT2D eigenvalue weighted by Gasteiger charge is -2.26. The fourth-order valence-electron chi connectivity index (χ4n) is 3.65. The summed E-state index contributed by atoms with van der Waals surface area (Å²) in [5.41, 5.74) is 0.273. The van der Waals surface area contributed by atoms with Crippen molar-refractivity contribution in [2.75, 3.05) is 12.0 Å². The number of carbonyl (C=O) groups excluding carboxylic acids is 2. The van der Waals surface area contributed by atoms with Crippen molar-refractivity contribution in [1.82, 2.24) is 0 Å². The number of hydrogen-bond donors (Lipinski definition) is 1. The van der Waals surface area contributed by atoms with Gasteiger partial charge in [-0.2, -0.15) is 0 Å². The average Bonchev–Trinajstić information content (AvgIpc) is 3.06. The Morgan fingerprint density at radius 2 is 1.75 bits per heavy atom. The predicted octanol–water partition coefficient (Wildman–Crippen LogP) is 5.77. The molecule has 3 aromatic rings. The molecule has 8 heteroatoms. The summed E-state index contributed by atoms with van der Waals surface area (Å²) < 4.78 is 20.1. The summed E-state index contributed by atoms with van der Waals surface area (Å²) in [6, 6.07) is 15.3. The van der Waals surface area contributed by atoms with Crippen molar-refractivity contribution >= 4 is 46.3 Å². The molecule has 4 rings (SSSR count). The van der Waals surface area contributed by atoms with E-state index < -0.39 is 29.3 Å². The SMILES string of the molecule is COc1cccc(N2C(=O)C(=O)/C(=C(/O)c3ccc(Cl)c(Cl)c3)C2c2ccccc2F)c1. The molecule has 1 atom stereocenters. The zero-order chi connectivity index (χ0) is 23.0. The number of nitrogens with zero attached hydrogens (tertiary/aromatic N) is 1. The van der Waals surface area contributed by atoms with Crippen LogP contribution in [-0.4, -0.2) is 23.9 Å². The number of anilines is 1. The smallest absolute Gasteiger partial charge is 0.300 e. The van der Waals surface area contributed by atoms with E-state index in [1.165, 1.54) is 43.5 Å². The minimum Gasteiger partial charge on any atom is -0.507 e. The molecule has 5 nitrogen and oxygen atoms in total. The molecule has 0 aliphatic carbocycles. The summed E-state index contributed by atoms with van der Waals surface area (Å²) >= 11 is 12.0. The Morgan fingerprint density at radius 3 is 2.44 bits per heavy atom. The highest BCUT2D eigenvalue weighted by Gasteiger charge is 2.47. The van der Waals surface area contributed by atoms with Crippen LogP contribution in [0.4, 0.5) is 10.1 Å². The molecular formula is C24H16Cl2FNO4. The Labute approximate surface area is 193 Å². The van der Waals surface area contributed by atoms with E-state index in [4.69, 9.17) is 27.9 Å². The fourth-order valence-corrected chi connectivity index (χ4v) is 3.95. The fraction of sp³-hybridized carbons (Fsp3) is 0.0833. The third-order valence-electron chi connectivity index (χ3n) is 5.17. The third kappa shape index (κ3) is 3.72. The van der Waals surface area contributed by atoms with Crippen molar-refractivity contribution in [2.24, 2.45) is 0 Å². The maximum absolute atomic E-state index is 14.9. The van der Waals surface area contributed by atoms with E-state index in [-0.39, 0.29) is 26.7 Å². The zero-order valence-electron chi connectivity index (χ0n) is 16.7. The molecular weight excluding hydrogens is 456 g/mol. The van der Waals surface area contributed by atoms with Crippen LogP contribution in [0.25, 0.3) is 5.76 Å². The van der Waals surface area contributed by atoms with Gasteiger partial charge in [0.15, 0.2) is 0 Å². The molecule has 1 amide bonds. The molecule has 0 radical (unpaired) electrons. The monoisotopic (exact) mass is 471 g/mol. The van der Waals surface area contributed by atoms with Gasteiger partial charge in [0.05, 0.1) is 28.8 Å². The van der Waals surface area contributed by atoms with Crippen LogP contribution < -0.4 is 9.64 Å². The Hall–Kier alpha value is -3.35. The van der Waals surface area contributed by atoms with Gasteiger partial charge in [-0.05, 0) is 36.4 Å². The molecule has 1 fully saturated rings. The van der Waals surface area contributed by atoms with E-state index >= 15 is 0 Å². The summed E-state index contributed by atoms with van der Waals surface area (Å²) in [4.78, 5) is 27.3. The molecule has 0 saturated carbocycles. The van der Waals surface area contributed by atoms with Gasteiger partial charge < -0.3 is 9.84 Å². The van der Waals surface area contributed by atoms with Crippen LogP contribution in [0.1, 0.15) is 17.2 Å². The lowest BCUT2D eigenvalue weighted by Crippen LogP contribution is -2.29. The zero-order valence-corrected chi connectivity index (χ0v) is 18.2. The first-order valence-corrected chi connectivity index (χ1v) is 10.2. The van der Waals surface area contributed by atoms with E-state index in [1.807, 2.05) is 0 Å². The number of carbonyl (C=O) groups is 2. The van der Waals surface area contributed by atoms with Gasteiger partial charge in [0.25, 0.3) is 11.7 Å². The Kier molecular flexibility index (Phi) is 5.91. The van der Waals surface area contributed by atoms with Gasteiger partial charge in [-0.25, -0.2) is 4.39 Å². The number of ketones is 1. The van der Waals surface area contributed by atoms with Crippen molar-refractivity contribution in [3.05, 3.63) is 99.3 Å². The molecule has 1 aliphatic rings. The first kappa shape index (κ1) is 21.9. The van der Waals surface area contributed by atoms with Crippen molar-refractivity contribution in [3.8, 4) is 5.75 Å². The van der Waals surface area contributed by atoms with Gasteiger partial charge in [-0.1, -0.05) is 47.5 Å². The largest absolute Gasteiger partial charge is 0.507 e. The van der Waals surface area contributed by atoms with Crippen LogP contribution in [0.15, 0.2) is 72.3 Å². The number of Topliss-reactive ketones (excluding diaryl/α,β-unsaturated/α-hetero) is 1. The topological polar surface area (TPSA) is 66.8 Å². The quantitative estimate of drug-likeness (QED) is 0.298. The van der Waals surface area contributed by atoms with Crippen LogP contribution in [0.2, 0.25) is 10.0 Å². The highest BCUT2D eigenvalue weighted by Crippen LogP contribution is 2.43. The first-order chi connectivity index (χ1) is 15.3. The molecule has 1 N–H and O–H groups in total. The predicted molar refractivity (Wildman–Crippen MR) is 121 cm³/mol.